The molecule has 0 aromatic heterocycles. The molecule has 0 aliphatic carbocycles. The molecule has 3 aromatic carbocycles. The fourth-order valence-electron chi connectivity index (χ4n) is 5.33. The van der Waals surface area contributed by atoms with E-state index >= 15 is 0 Å². The monoisotopic (exact) mass is 504 g/mol. The second kappa shape index (κ2) is 8.22. The highest BCUT2D eigenvalue weighted by Crippen LogP contribution is 2.52. The van der Waals surface area contributed by atoms with Gasteiger partial charge in [-0.25, -0.2) is 4.90 Å². The van der Waals surface area contributed by atoms with Crippen LogP contribution in [0.5, 0.6) is 0 Å². The molecule has 3 aliphatic rings. The van der Waals surface area contributed by atoms with Crippen molar-refractivity contribution in [1.29, 1.82) is 0 Å². The van der Waals surface area contributed by atoms with Crippen molar-refractivity contribution in [2.24, 2.45) is 16.9 Å². The van der Waals surface area contributed by atoms with E-state index in [0.29, 0.717) is 15.7 Å². The number of nitrogens with one attached hydrogen (secondary N) is 1. The van der Waals surface area contributed by atoms with Crippen molar-refractivity contribution < 1.29 is 14.4 Å². The lowest BCUT2D eigenvalue weighted by Gasteiger charge is -2.33. The molecule has 0 bridgehead atoms. The van der Waals surface area contributed by atoms with Gasteiger partial charge in [0.1, 0.15) is 6.04 Å². The fraction of sp³-hybridized carbons (Fsp3) is 0.154. The minimum Gasteiger partial charge on any atom is -0.324 e. The van der Waals surface area contributed by atoms with Gasteiger partial charge in [0.2, 0.25) is 17.7 Å². The number of imide groups is 1. The molecular formula is C26H18Cl2N4O3. The van der Waals surface area contributed by atoms with Crippen LogP contribution in [-0.4, -0.2) is 35.0 Å². The molecule has 7 nitrogen and oxygen atoms in total. The maximum atomic E-state index is 13.8. The van der Waals surface area contributed by atoms with Gasteiger partial charge in [-0.15, -0.1) is 0 Å². The zero-order valence-electron chi connectivity index (χ0n) is 18.1. The van der Waals surface area contributed by atoms with Gasteiger partial charge in [-0.2, -0.15) is 5.10 Å². The minimum absolute atomic E-state index is 0.285. The molecule has 0 saturated carbocycles. The van der Waals surface area contributed by atoms with Crippen molar-refractivity contribution in [3.63, 3.8) is 0 Å². The number of hydrazone groups is 1. The third kappa shape index (κ3) is 3.42. The third-order valence-electron chi connectivity index (χ3n) is 6.71. The van der Waals surface area contributed by atoms with Crippen LogP contribution in [0.25, 0.3) is 0 Å². The summed E-state index contributed by atoms with van der Waals surface area (Å²) in [5.74, 6) is -3.02. The third-order valence-corrected chi connectivity index (χ3v) is 7.15. The number of nitrogens with zero attached hydrogens (tertiary/aromatic N) is 3. The standard InChI is InChI=1S/C26H18Cl2N4O3/c27-15-10-16(28)12-18(11-15)31-25(34)20-21(26(31)35)23(24(33)30-17-7-2-1-3-8-17)32-22(20)19-9-5-4-6-14(19)13-29-32/h1-13,20-23H,(H,30,33)/t20-,21+,22+,23-/m0/s1. The van der Waals surface area contributed by atoms with Crippen LogP contribution in [0.4, 0.5) is 11.4 Å². The van der Waals surface area contributed by atoms with E-state index in [2.05, 4.69) is 10.4 Å². The smallest absolute Gasteiger partial charge is 0.249 e. The molecule has 3 heterocycles. The number of para-hydroxylation sites is 1. The van der Waals surface area contributed by atoms with Crippen LogP contribution in [0.2, 0.25) is 10.0 Å². The maximum Gasteiger partial charge on any atom is 0.249 e. The normalized spacial score (nSPS) is 24.3. The number of amides is 3. The Hall–Kier alpha value is -3.68. The average Bonchev–Trinajstić information content (AvgIpc) is 3.31. The predicted octanol–water partition coefficient (Wildman–Crippen LogP) is 4.51. The summed E-state index contributed by atoms with van der Waals surface area (Å²) in [6.07, 6.45) is 1.67. The van der Waals surface area contributed by atoms with Crippen LogP contribution in [0.1, 0.15) is 17.2 Å². The first-order valence-electron chi connectivity index (χ1n) is 11.0. The van der Waals surface area contributed by atoms with E-state index in [0.717, 1.165) is 16.0 Å². The molecular weight excluding hydrogens is 487 g/mol. The number of fused-ring (bicyclic) bond motifs is 5. The van der Waals surface area contributed by atoms with E-state index in [1.54, 1.807) is 35.5 Å². The van der Waals surface area contributed by atoms with Crippen molar-refractivity contribution in [3.05, 3.63) is 94.0 Å². The van der Waals surface area contributed by atoms with Crippen molar-refractivity contribution in [2.75, 3.05) is 10.2 Å². The molecule has 0 radical (unpaired) electrons. The molecule has 0 spiro atoms. The van der Waals surface area contributed by atoms with Crippen LogP contribution >= 0.6 is 23.2 Å². The van der Waals surface area contributed by atoms with Crippen LogP contribution in [0.3, 0.4) is 0 Å². The average molecular weight is 505 g/mol. The highest BCUT2D eigenvalue weighted by Gasteiger charge is 2.65. The van der Waals surface area contributed by atoms with E-state index in [-0.39, 0.29) is 5.69 Å². The highest BCUT2D eigenvalue weighted by molar-refractivity contribution is 6.36. The summed E-state index contributed by atoms with van der Waals surface area (Å²) in [5.41, 5.74) is 2.57. The number of benzene rings is 3. The van der Waals surface area contributed by atoms with Gasteiger partial charge < -0.3 is 5.32 Å². The van der Waals surface area contributed by atoms with E-state index < -0.39 is 41.6 Å². The largest absolute Gasteiger partial charge is 0.324 e. The summed E-state index contributed by atoms with van der Waals surface area (Å²) in [5, 5.41) is 9.63. The topological polar surface area (TPSA) is 82.1 Å². The maximum absolute atomic E-state index is 13.8. The summed E-state index contributed by atoms with van der Waals surface area (Å²) < 4.78 is 0. The number of carbonyl (C=O) groups is 3. The molecule has 2 fully saturated rings. The number of rotatable bonds is 3. The molecule has 4 atom stereocenters. The van der Waals surface area contributed by atoms with E-state index in [1.165, 1.54) is 18.2 Å². The second-order valence-corrected chi connectivity index (χ2v) is 9.56. The summed E-state index contributed by atoms with van der Waals surface area (Å²) in [7, 11) is 0. The lowest BCUT2D eigenvalue weighted by Crippen LogP contribution is -2.46. The SMILES string of the molecule is O=C(Nc1ccccc1)[C@@H]1[C@@H]2C(=O)N(c3cc(Cl)cc(Cl)c3)C(=O)[C@@H]2[C@H]2c3ccccc3C=NN12. The summed E-state index contributed by atoms with van der Waals surface area (Å²) in [4.78, 5) is 42.3. The number of halogens is 2. The van der Waals surface area contributed by atoms with Crippen molar-refractivity contribution in [1.82, 2.24) is 5.01 Å². The summed E-state index contributed by atoms with van der Waals surface area (Å²) in [6.45, 7) is 0. The number of carbonyl (C=O) groups excluding carboxylic acids is 3. The molecule has 9 heteroatoms. The van der Waals surface area contributed by atoms with Crippen molar-refractivity contribution in [3.8, 4) is 0 Å². The molecule has 174 valence electrons. The summed E-state index contributed by atoms with van der Waals surface area (Å²) >= 11 is 12.3. The Morgan fingerprint density at radius 3 is 2.26 bits per heavy atom. The van der Waals surface area contributed by atoms with E-state index in [9.17, 15) is 14.4 Å². The molecule has 3 amide bonds. The molecule has 3 aliphatic heterocycles. The zero-order valence-corrected chi connectivity index (χ0v) is 19.6. The predicted molar refractivity (Wildman–Crippen MR) is 133 cm³/mol. The zero-order chi connectivity index (χ0) is 24.3. The quantitative estimate of drug-likeness (QED) is 0.532. The van der Waals surface area contributed by atoms with Gasteiger partial charge in [-0.1, -0.05) is 65.7 Å². The Morgan fingerprint density at radius 1 is 0.857 bits per heavy atom. The lowest BCUT2D eigenvalue weighted by atomic mass is 9.85. The Kier molecular flexibility index (Phi) is 5.12. The number of hydrogen-bond acceptors (Lipinski definition) is 5. The first kappa shape index (κ1) is 21.8. The minimum atomic E-state index is -0.981. The van der Waals surface area contributed by atoms with Crippen LogP contribution in [0.15, 0.2) is 77.9 Å². The molecule has 3 aromatic rings. The first-order valence-corrected chi connectivity index (χ1v) is 11.8. The Labute approximate surface area is 210 Å². The number of anilines is 2. The highest BCUT2D eigenvalue weighted by atomic mass is 35.5. The van der Waals surface area contributed by atoms with Gasteiger partial charge in [0.25, 0.3) is 0 Å². The number of hydrogen-bond donors (Lipinski definition) is 1. The fourth-order valence-corrected chi connectivity index (χ4v) is 5.84. The van der Waals surface area contributed by atoms with Gasteiger partial charge in [0.15, 0.2) is 0 Å². The molecule has 35 heavy (non-hydrogen) atoms. The Balaban J connectivity index is 1.46. The Bertz CT molecular complexity index is 1390. The first-order chi connectivity index (χ1) is 16.9. The molecule has 6 rings (SSSR count). The van der Waals surface area contributed by atoms with Crippen LogP contribution in [-0.2, 0) is 14.4 Å². The van der Waals surface area contributed by atoms with Crippen molar-refractivity contribution >= 4 is 58.5 Å². The van der Waals surface area contributed by atoms with Gasteiger partial charge in [-0.05, 0) is 41.5 Å². The molecule has 2 saturated heterocycles. The Morgan fingerprint density at radius 2 is 1.51 bits per heavy atom. The van der Waals surface area contributed by atoms with Gasteiger partial charge in [0, 0.05) is 15.7 Å². The van der Waals surface area contributed by atoms with Crippen molar-refractivity contribution in [2.45, 2.75) is 12.1 Å². The summed E-state index contributed by atoms with van der Waals surface area (Å²) in [6, 6.07) is 19.6. The lowest BCUT2D eigenvalue weighted by molar-refractivity contribution is -0.129. The second-order valence-electron chi connectivity index (χ2n) is 8.69. The van der Waals surface area contributed by atoms with Gasteiger partial charge in [0.05, 0.1) is 29.8 Å². The van der Waals surface area contributed by atoms with Gasteiger partial charge >= 0.3 is 0 Å². The van der Waals surface area contributed by atoms with Crippen LogP contribution < -0.4 is 10.2 Å². The van der Waals surface area contributed by atoms with Crippen LogP contribution in [0, 0.1) is 11.8 Å². The van der Waals surface area contributed by atoms with E-state index in [1.807, 2.05) is 30.3 Å². The van der Waals surface area contributed by atoms with Gasteiger partial charge in [-0.3, -0.25) is 19.4 Å². The molecule has 1 N–H and O–H groups in total. The molecule has 0 unspecified atom stereocenters. The van der Waals surface area contributed by atoms with E-state index in [4.69, 9.17) is 23.2 Å².